The second-order valence-corrected chi connectivity index (χ2v) is 7.72. The molecule has 2 aromatic rings. The third-order valence-corrected chi connectivity index (χ3v) is 5.55. The molecule has 3 nitrogen and oxygen atoms in total. The van der Waals surface area contributed by atoms with Gasteiger partial charge in [-0.2, -0.15) is 0 Å². The fraction of sp³-hybridized carbons (Fsp3) is 0.375. The molecule has 1 aliphatic heterocycles. The molecule has 1 N–H and O–H groups in total. The normalized spacial score (nSPS) is 17.4. The number of piperazine rings is 1. The van der Waals surface area contributed by atoms with Crippen molar-refractivity contribution in [1.29, 1.82) is 0 Å². The standard InChI is InChI=1S/C16H18BrFN2OS/c1-21-13-3-2-11(10-12(13)18)16(14-4-5-15(17)22-14)20-8-6-19-7-9-20/h2-5,10,16,19H,6-9H2,1H3. The Hall–Kier alpha value is -0.950. The molecule has 0 bridgehead atoms. The minimum atomic E-state index is -0.309. The fourth-order valence-electron chi connectivity index (χ4n) is 2.82. The van der Waals surface area contributed by atoms with Gasteiger partial charge in [0.2, 0.25) is 0 Å². The number of rotatable bonds is 4. The quantitative estimate of drug-likeness (QED) is 0.870. The number of ether oxygens (including phenoxy) is 1. The van der Waals surface area contributed by atoms with Gasteiger partial charge in [0.05, 0.1) is 16.9 Å². The SMILES string of the molecule is COc1ccc(C(c2ccc(Br)s2)N2CCNCC2)cc1F. The lowest BCUT2D eigenvalue weighted by atomic mass is 10.0. The Balaban J connectivity index is 1.98. The molecular formula is C16H18BrFN2OS. The average Bonchev–Trinajstić information content (AvgIpc) is 2.95. The summed E-state index contributed by atoms with van der Waals surface area (Å²) in [7, 11) is 1.49. The summed E-state index contributed by atoms with van der Waals surface area (Å²) in [6, 6.07) is 9.52. The smallest absolute Gasteiger partial charge is 0.165 e. The number of methoxy groups -OCH3 is 1. The van der Waals surface area contributed by atoms with Crippen molar-refractivity contribution in [2.75, 3.05) is 33.3 Å². The second-order valence-electron chi connectivity index (χ2n) is 5.22. The minimum absolute atomic E-state index is 0.0822. The van der Waals surface area contributed by atoms with Crippen LogP contribution >= 0.6 is 27.3 Å². The fourth-order valence-corrected chi connectivity index (χ4v) is 4.41. The molecule has 0 amide bonds. The van der Waals surface area contributed by atoms with E-state index in [0.29, 0.717) is 0 Å². The molecule has 1 unspecified atom stereocenters. The molecule has 1 saturated heterocycles. The summed E-state index contributed by atoms with van der Waals surface area (Å²) >= 11 is 5.23. The molecule has 118 valence electrons. The van der Waals surface area contributed by atoms with E-state index in [9.17, 15) is 4.39 Å². The van der Waals surface area contributed by atoms with Crippen molar-refractivity contribution in [2.45, 2.75) is 6.04 Å². The van der Waals surface area contributed by atoms with Crippen LogP contribution in [0.3, 0.4) is 0 Å². The zero-order valence-corrected chi connectivity index (χ0v) is 14.7. The Bertz CT molecular complexity index is 643. The molecule has 0 radical (unpaired) electrons. The largest absolute Gasteiger partial charge is 0.494 e. The predicted molar refractivity (Wildman–Crippen MR) is 91.3 cm³/mol. The predicted octanol–water partition coefficient (Wildman–Crippen LogP) is 3.65. The monoisotopic (exact) mass is 384 g/mol. The molecule has 1 aromatic carbocycles. The Labute approximate surface area is 142 Å². The van der Waals surface area contributed by atoms with Crippen LogP contribution in [-0.4, -0.2) is 38.2 Å². The van der Waals surface area contributed by atoms with Gasteiger partial charge in [-0.3, -0.25) is 4.90 Å². The summed E-state index contributed by atoms with van der Waals surface area (Å²) in [5, 5.41) is 3.37. The van der Waals surface area contributed by atoms with Crippen molar-refractivity contribution >= 4 is 27.3 Å². The van der Waals surface area contributed by atoms with Gasteiger partial charge in [-0.05, 0) is 45.8 Å². The molecule has 3 rings (SSSR count). The van der Waals surface area contributed by atoms with E-state index in [2.05, 4.69) is 38.3 Å². The van der Waals surface area contributed by atoms with Gasteiger partial charge in [0.25, 0.3) is 0 Å². The molecule has 0 aliphatic carbocycles. The zero-order chi connectivity index (χ0) is 15.5. The summed E-state index contributed by atoms with van der Waals surface area (Å²) in [5.41, 5.74) is 0.967. The van der Waals surface area contributed by atoms with Crippen LogP contribution in [0.25, 0.3) is 0 Å². The molecule has 1 fully saturated rings. The number of nitrogens with one attached hydrogen (secondary N) is 1. The molecule has 6 heteroatoms. The number of benzene rings is 1. The molecule has 1 aliphatic rings. The summed E-state index contributed by atoms with van der Waals surface area (Å²) < 4.78 is 20.3. The molecular weight excluding hydrogens is 367 g/mol. The first-order valence-corrected chi connectivity index (χ1v) is 8.83. The third kappa shape index (κ3) is 3.35. The molecule has 1 aromatic heterocycles. The van der Waals surface area contributed by atoms with E-state index >= 15 is 0 Å². The summed E-state index contributed by atoms with van der Waals surface area (Å²) in [4.78, 5) is 3.62. The van der Waals surface area contributed by atoms with Crippen LogP contribution in [0.2, 0.25) is 0 Å². The topological polar surface area (TPSA) is 24.5 Å². The van der Waals surface area contributed by atoms with Gasteiger partial charge in [0.15, 0.2) is 11.6 Å². The number of halogens is 2. The van der Waals surface area contributed by atoms with Crippen molar-refractivity contribution < 1.29 is 9.13 Å². The first-order valence-electron chi connectivity index (χ1n) is 7.22. The highest BCUT2D eigenvalue weighted by atomic mass is 79.9. The van der Waals surface area contributed by atoms with Crippen LogP contribution in [0.1, 0.15) is 16.5 Å². The van der Waals surface area contributed by atoms with Gasteiger partial charge < -0.3 is 10.1 Å². The maximum Gasteiger partial charge on any atom is 0.165 e. The summed E-state index contributed by atoms with van der Waals surface area (Å²) in [6.45, 7) is 3.82. The van der Waals surface area contributed by atoms with E-state index in [1.165, 1.54) is 12.0 Å². The number of nitrogens with zero attached hydrogens (tertiary/aromatic N) is 1. The van der Waals surface area contributed by atoms with Crippen molar-refractivity contribution in [2.24, 2.45) is 0 Å². The van der Waals surface area contributed by atoms with E-state index < -0.39 is 0 Å². The van der Waals surface area contributed by atoms with Gasteiger partial charge in [0.1, 0.15) is 0 Å². The third-order valence-electron chi connectivity index (χ3n) is 3.87. The van der Waals surface area contributed by atoms with Crippen molar-refractivity contribution in [3.63, 3.8) is 0 Å². The van der Waals surface area contributed by atoms with Crippen molar-refractivity contribution in [1.82, 2.24) is 10.2 Å². The minimum Gasteiger partial charge on any atom is -0.494 e. The average molecular weight is 385 g/mol. The van der Waals surface area contributed by atoms with Gasteiger partial charge in [0, 0.05) is 31.1 Å². The Kier molecular flexibility index (Phi) is 5.13. The van der Waals surface area contributed by atoms with Crippen LogP contribution in [0.4, 0.5) is 4.39 Å². The maximum atomic E-state index is 14.1. The van der Waals surface area contributed by atoms with Gasteiger partial charge in [-0.25, -0.2) is 4.39 Å². The molecule has 0 spiro atoms. The lowest BCUT2D eigenvalue weighted by Gasteiger charge is -2.34. The van der Waals surface area contributed by atoms with Gasteiger partial charge in [-0.1, -0.05) is 6.07 Å². The molecule has 2 heterocycles. The van der Waals surface area contributed by atoms with E-state index in [1.807, 2.05) is 6.07 Å². The summed E-state index contributed by atoms with van der Waals surface area (Å²) in [5.74, 6) is -0.0223. The Morgan fingerprint density at radius 3 is 2.64 bits per heavy atom. The van der Waals surface area contributed by atoms with Crippen molar-refractivity contribution in [3.05, 3.63) is 50.4 Å². The highest BCUT2D eigenvalue weighted by Gasteiger charge is 2.26. The maximum absolute atomic E-state index is 14.1. The van der Waals surface area contributed by atoms with Crippen LogP contribution in [0, 0.1) is 5.82 Å². The molecule has 1 atom stereocenters. The van der Waals surface area contributed by atoms with Gasteiger partial charge >= 0.3 is 0 Å². The van der Waals surface area contributed by atoms with E-state index in [1.54, 1.807) is 23.5 Å². The lowest BCUT2D eigenvalue weighted by Crippen LogP contribution is -2.45. The van der Waals surface area contributed by atoms with Crippen molar-refractivity contribution in [3.8, 4) is 5.75 Å². The first-order chi connectivity index (χ1) is 10.7. The van der Waals surface area contributed by atoms with E-state index in [-0.39, 0.29) is 17.6 Å². The first kappa shape index (κ1) is 15.9. The van der Waals surface area contributed by atoms with Gasteiger partial charge in [-0.15, -0.1) is 11.3 Å². The Morgan fingerprint density at radius 1 is 1.27 bits per heavy atom. The molecule has 0 saturated carbocycles. The number of hydrogen-bond donors (Lipinski definition) is 1. The lowest BCUT2D eigenvalue weighted by molar-refractivity contribution is 0.200. The second kappa shape index (κ2) is 7.08. The summed E-state index contributed by atoms with van der Waals surface area (Å²) in [6.07, 6.45) is 0. The Morgan fingerprint density at radius 2 is 2.05 bits per heavy atom. The van der Waals surface area contributed by atoms with E-state index in [4.69, 9.17) is 4.74 Å². The van der Waals surface area contributed by atoms with E-state index in [0.717, 1.165) is 35.5 Å². The highest BCUT2D eigenvalue weighted by molar-refractivity contribution is 9.11. The molecule has 22 heavy (non-hydrogen) atoms. The van der Waals surface area contributed by atoms with Crippen LogP contribution in [0.15, 0.2) is 34.1 Å². The van der Waals surface area contributed by atoms with Crippen LogP contribution in [-0.2, 0) is 0 Å². The zero-order valence-electron chi connectivity index (χ0n) is 12.3. The highest BCUT2D eigenvalue weighted by Crippen LogP contribution is 2.36. The number of thiophene rings is 1. The number of hydrogen-bond acceptors (Lipinski definition) is 4. The van der Waals surface area contributed by atoms with Crippen LogP contribution in [0.5, 0.6) is 5.75 Å². The van der Waals surface area contributed by atoms with Crippen LogP contribution < -0.4 is 10.1 Å².